The lowest BCUT2D eigenvalue weighted by Gasteiger charge is -2.12. The first kappa shape index (κ1) is 17.6. The van der Waals surface area contributed by atoms with Crippen LogP contribution in [-0.4, -0.2) is 31.2 Å². The molecule has 1 atom stereocenters. The number of carbonyl (C=O) groups is 1. The summed E-state index contributed by atoms with van der Waals surface area (Å²) in [5, 5.41) is 6.08. The Balaban J connectivity index is 2.07. The lowest BCUT2D eigenvalue weighted by Crippen LogP contribution is -2.16. The lowest BCUT2D eigenvalue weighted by molar-refractivity contribution is 0.102. The van der Waals surface area contributed by atoms with Gasteiger partial charge in [-0.15, -0.1) is 0 Å². The van der Waals surface area contributed by atoms with Crippen molar-refractivity contribution < 1.29 is 14.3 Å². The molecule has 24 heavy (non-hydrogen) atoms. The molecule has 1 amide bonds. The molecular formula is C18H23N3O3. The van der Waals surface area contributed by atoms with E-state index in [0.29, 0.717) is 28.8 Å². The van der Waals surface area contributed by atoms with Gasteiger partial charge in [0, 0.05) is 24.0 Å². The van der Waals surface area contributed by atoms with Crippen LogP contribution in [0.5, 0.6) is 11.5 Å². The number of rotatable bonds is 7. The van der Waals surface area contributed by atoms with E-state index in [1.165, 1.54) is 0 Å². The van der Waals surface area contributed by atoms with Gasteiger partial charge in [-0.2, -0.15) is 0 Å². The first-order chi connectivity index (χ1) is 11.6. The molecule has 1 unspecified atom stereocenters. The maximum Gasteiger partial charge on any atom is 0.257 e. The predicted molar refractivity (Wildman–Crippen MR) is 95.1 cm³/mol. The van der Waals surface area contributed by atoms with Gasteiger partial charge < -0.3 is 20.1 Å². The van der Waals surface area contributed by atoms with Gasteiger partial charge in [0.2, 0.25) is 0 Å². The molecule has 0 spiro atoms. The Morgan fingerprint density at radius 2 is 1.92 bits per heavy atom. The quantitative estimate of drug-likeness (QED) is 0.812. The minimum atomic E-state index is -0.232. The van der Waals surface area contributed by atoms with Gasteiger partial charge in [0.1, 0.15) is 5.82 Å². The fourth-order valence-corrected chi connectivity index (χ4v) is 2.09. The van der Waals surface area contributed by atoms with Crippen LogP contribution >= 0.6 is 0 Å². The molecule has 0 radical (unpaired) electrons. The van der Waals surface area contributed by atoms with Gasteiger partial charge >= 0.3 is 0 Å². The van der Waals surface area contributed by atoms with Crippen molar-refractivity contribution in [3.05, 3.63) is 42.1 Å². The summed E-state index contributed by atoms with van der Waals surface area (Å²) in [7, 11) is 3.12. The van der Waals surface area contributed by atoms with Crippen molar-refractivity contribution in [2.75, 3.05) is 24.9 Å². The SMILES string of the molecule is CCC(C)Nc1ccc(C(=O)Nc2ccc(OC)c(OC)c2)cn1. The molecule has 0 aliphatic carbocycles. The number of nitrogens with one attached hydrogen (secondary N) is 2. The summed E-state index contributed by atoms with van der Waals surface area (Å²) >= 11 is 0. The number of hydrogen-bond acceptors (Lipinski definition) is 5. The first-order valence-electron chi connectivity index (χ1n) is 7.83. The smallest absolute Gasteiger partial charge is 0.257 e. The number of methoxy groups -OCH3 is 2. The second-order valence-corrected chi connectivity index (χ2v) is 5.41. The fraction of sp³-hybridized carbons (Fsp3) is 0.333. The van der Waals surface area contributed by atoms with Crippen molar-refractivity contribution in [2.45, 2.75) is 26.3 Å². The Hall–Kier alpha value is -2.76. The summed E-state index contributed by atoms with van der Waals surface area (Å²) < 4.78 is 10.4. The van der Waals surface area contributed by atoms with Crippen molar-refractivity contribution in [1.29, 1.82) is 0 Å². The highest BCUT2D eigenvalue weighted by atomic mass is 16.5. The molecule has 1 heterocycles. The van der Waals surface area contributed by atoms with Crippen LogP contribution in [0.15, 0.2) is 36.5 Å². The van der Waals surface area contributed by atoms with Crippen molar-refractivity contribution in [3.8, 4) is 11.5 Å². The van der Waals surface area contributed by atoms with E-state index in [2.05, 4.69) is 29.5 Å². The average Bonchev–Trinajstić information content (AvgIpc) is 2.61. The minimum absolute atomic E-state index is 0.232. The van der Waals surface area contributed by atoms with E-state index < -0.39 is 0 Å². The normalized spacial score (nSPS) is 11.5. The number of nitrogens with zero attached hydrogens (tertiary/aromatic N) is 1. The van der Waals surface area contributed by atoms with Crippen LogP contribution in [0.1, 0.15) is 30.6 Å². The predicted octanol–water partition coefficient (Wildman–Crippen LogP) is 3.56. The molecule has 6 heteroatoms. The maximum atomic E-state index is 12.3. The number of amides is 1. The van der Waals surface area contributed by atoms with Crippen LogP contribution in [0.3, 0.4) is 0 Å². The molecular weight excluding hydrogens is 306 g/mol. The summed E-state index contributed by atoms with van der Waals surface area (Å²) in [6.45, 7) is 4.18. The van der Waals surface area contributed by atoms with Crippen LogP contribution in [0.25, 0.3) is 0 Å². The van der Waals surface area contributed by atoms with Crippen molar-refractivity contribution in [3.63, 3.8) is 0 Å². The van der Waals surface area contributed by atoms with E-state index >= 15 is 0 Å². The molecule has 1 aromatic heterocycles. The number of ether oxygens (including phenoxy) is 2. The standard InChI is InChI=1S/C18H23N3O3/c1-5-12(2)20-17-9-6-13(11-19-17)18(22)21-14-7-8-15(23-3)16(10-14)24-4/h6-12H,5H2,1-4H3,(H,19,20)(H,21,22). The van der Waals surface area contributed by atoms with Gasteiger partial charge in [-0.3, -0.25) is 4.79 Å². The Kier molecular flexibility index (Phi) is 6.01. The molecule has 6 nitrogen and oxygen atoms in total. The van der Waals surface area contributed by atoms with E-state index in [4.69, 9.17) is 9.47 Å². The number of hydrogen-bond donors (Lipinski definition) is 2. The van der Waals surface area contributed by atoms with E-state index in [-0.39, 0.29) is 5.91 Å². The third-order valence-corrected chi connectivity index (χ3v) is 3.67. The minimum Gasteiger partial charge on any atom is -0.493 e. The van der Waals surface area contributed by atoms with Crippen LogP contribution in [0, 0.1) is 0 Å². The number of aromatic nitrogens is 1. The maximum absolute atomic E-state index is 12.3. The van der Waals surface area contributed by atoms with Gasteiger partial charge in [-0.05, 0) is 37.6 Å². The fourth-order valence-electron chi connectivity index (χ4n) is 2.09. The molecule has 0 fully saturated rings. The zero-order chi connectivity index (χ0) is 17.5. The number of pyridine rings is 1. The molecule has 2 N–H and O–H groups in total. The molecule has 0 saturated carbocycles. The number of carbonyl (C=O) groups excluding carboxylic acids is 1. The second kappa shape index (κ2) is 8.19. The molecule has 0 saturated heterocycles. The molecule has 1 aromatic carbocycles. The van der Waals surface area contributed by atoms with Gasteiger partial charge in [0.15, 0.2) is 11.5 Å². The van der Waals surface area contributed by atoms with Gasteiger partial charge in [0.05, 0.1) is 19.8 Å². The zero-order valence-corrected chi connectivity index (χ0v) is 14.4. The highest BCUT2D eigenvalue weighted by molar-refractivity contribution is 6.04. The van der Waals surface area contributed by atoms with Crippen LogP contribution < -0.4 is 20.1 Å². The number of benzene rings is 1. The molecule has 128 valence electrons. The van der Waals surface area contributed by atoms with E-state index in [0.717, 1.165) is 12.2 Å². The van der Waals surface area contributed by atoms with Crippen molar-refractivity contribution >= 4 is 17.4 Å². The summed E-state index contributed by atoms with van der Waals surface area (Å²) in [5.41, 5.74) is 1.11. The first-order valence-corrected chi connectivity index (χ1v) is 7.83. The highest BCUT2D eigenvalue weighted by Gasteiger charge is 2.10. The van der Waals surface area contributed by atoms with Gasteiger partial charge in [0.25, 0.3) is 5.91 Å². The summed E-state index contributed by atoms with van der Waals surface area (Å²) in [6.07, 6.45) is 2.56. The number of anilines is 2. The molecule has 2 aromatic rings. The van der Waals surface area contributed by atoms with Gasteiger partial charge in [-0.1, -0.05) is 6.92 Å². The van der Waals surface area contributed by atoms with Crippen LogP contribution in [-0.2, 0) is 0 Å². The lowest BCUT2D eigenvalue weighted by atomic mass is 10.2. The summed E-state index contributed by atoms with van der Waals surface area (Å²) in [4.78, 5) is 16.6. The molecule has 0 aliphatic heterocycles. The average molecular weight is 329 g/mol. The van der Waals surface area contributed by atoms with Crippen LogP contribution in [0.2, 0.25) is 0 Å². The topological polar surface area (TPSA) is 72.5 Å². The third-order valence-electron chi connectivity index (χ3n) is 3.67. The van der Waals surface area contributed by atoms with Crippen LogP contribution in [0.4, 0.5) is 11.5 Å². The Bertz CT molecular complexity index is 686. The summed E-state index contributed by atoms with van der Waals surface area (Å²) in [6, 6.07) is 9.09. The Morgan fingerprint density at radius 3 is 2.50 bits per heavy atom. The largest absolute Gasteiger partial charge is 0.493 e. The third kappa shape index (κ3) is 4.38. The monoisotopic (exact) mass is 329 g/mol. The molecule has 0 aliphatic rings. The molecule has 0 bridgehead atoms. The van der Waals surface area contributed by atoms with E-state index in [1.54, 1.807) is 50.7 Å². The van der Waals surface area contributed by atoms with Crippen molar-refractivity contribution in [2.24, 2.45) is 0 Å². The van der Waals surface area contributed by atoms with Gasteiger partial charge in [-0.25, -0.2) is 4.98 Å². The highest BCUT2D eigenvalue weighted by Crippen LogP contribution is 2.29. The van der Waals surface area contributed by atoms with Crippen molar-refractivity contribution in [1.82, 2.24) is 4.98 Å². The van der Waals surface area contributed by atoms with E-state index in [1.807, 2.05) is 0 Å². The molecule has 2 rings (SSSR count). The Labute approximate surface area is 142 Å². The zero-order valence-electron chi connectivity index (χ0n) is 14.4. The summed E-state index contributed by atoms with van der Waals surface area (Å²) in [5.74, 6) is 1.69. The second-order valence-electron chi connectivity index (χ2n) is 5.41. The Morgan fingerprint density at radius 1 is 1.17 bits per heavy atom. The van der Waals surface area contributed by atoms with E-state index in [9.17, 15) is 4.79 Å².